The molecule has 0 heterocycles. The molecule has 0 aliphatic rings. The summed E-state index contributed by atoms with van der Waals surface area (Å²) in [6.07, 6.45) is 2.52. The molecule has 1 N–H and O–H groups in total. The fraction of sp³-hybridized carbons (Fsp3) is 0.417. The van der Waals surface area contributed by atoms with Crippen LogP contribution < -0.4 is 10.1 Å². The van der Waals surface area contributed by atoms with Gasteiger partial charge in [0.15, 0.2) is 0 Å². The normalized spacial score (nSPS) is 11.6. The van der Waals surface area contributed by atoms with Gasteiger partial charge in [-0.25, -0.2) is 0 Å². The Morgan fingerprint density at radius 1 is 1.06 bits per heavy atom. The molecule has 0 radical (unpaired) electrons. The van der Waals surface area contributed by atoms with E-state index >= 15 is 0 Å². The van der Waals surface area contributed by atoms with Crippen molar-refractivity contribution in [2.45, 2.75) is 52.1 Å². The minimum atomic E-state index is -0.571. The molecule has 168 valence electrons. The van der Waals surface area contributed by atoms with Crippen molar-refractivity contribution >= 4 is 35.0 Å². The number of nitrogens with zero attached hydrogens (tertiary/aromatic N) is 1. The van der Waals surface area contributed by atoms with Crippen molar-refractivity contribution in [1.29, 1.82) is 0 Å². The molecule has 2 amide bonds. The molecular weight excluding hydrogens is 435 g/mol. The van der Waals surface area contributed by atoms with Gasteiger partial charge in [0.25, 0.3) is 0 Å². The summed E-state index contributed by atoms with van der Waals surface area (Å²) in [5.41, 5.74) is 1.64. The topological polar surface area (TPSA) is 58.6 Å². The number of benzene rings is 2. The van der Waals surface area contributed by atoms with Gasteiger partial charge in [0.1, 0.15) is 11.8 Å². The first kappa shape index (κ1) is 25.0. The Bertz CT molecular complexity index is 889. The van der Waals surface area contributed by atoms with Gasteiger partial charge in [-0.05, 0) is 48.2 Å². The predicted octanol–water partition coefficient (Wildman–Crippen LogP) is 5.27. The maximum atomic E-state index is 13.3. The summed E-state index contributed by atoms with van der Waals surface area (Å²) in [5, 5.41) is 3.80. The second kappa shape index (κ2) is 12.6. The van der Waals surface area contributed by atoms with E-state index in [1.54, 1.807) is 30.2 Å². The number of hydrogen-bond acceptors (Lipinski definition) is 3. The number of rotatable bonds is 11. The lowest BCUT2D eigenvalue weighted by molar-refractivity contribution is -0.140. The zero-order chi connectivity index (χ0) is 22.8. The molecule has 0 bridgehead atoms. The van der Waals surface area contributed by atoms with E-state index in [0.717, 1.165) is 24.0 Å². The molecule has 2 rings (SSSR count). The van der Waals surface area contributed by atoms with Crippen LogP contribution in [-0.2, 0) is 22.6 Å². The third-order valence-electron chi connectivity index (χ3n) is 5.04. The molecule has 5 nitrogen and oxygen atoms in total. The standard InChI is InChI=1S/C24H30Cl2N2O3/c1-4-6-12-27-24(30)22(5-2)28(16-18-8-7-9-19(13-18)31-3)23(29)15-17-10-11-20(25)21(26)14-17/h7-11,13-14,22H,4-6,12,15-16H2,1-3H3,(H,27,30)/t22-/m1/s1. The SMILES string of the molecule is CCCCNC(=O)[C@@H](CC)N(Cc1cccc(OC)c1)C(=O)Cc1ccc(Cl)c(Cl)c1. The summed E-state index contributed by atoms with van der Waals surface area (Å²) in [5.74, 6) is 0.412. The number of amides is 2. The van der Waals surface area contributed by atoms with E-state index in [1.807, 2.05) is 31.2 Å². The molecule has 0 unspecified atom stereocenters. The molecule has 2 aromatic carbocycles. The molecule has 0 saturated carbocycles. The molecule has 0 saturated heterocycles. The zero-order valence-corrected chi connectivity index (χ0v) is 19.8. The van der Waals surface area contributed by atoms with Crippen LogP contribution >= 0.6 is 23.2 Å². The van der Waals surface area contributed by atoms with E-state index in [4.69, 9.17) is 27.9 Å². The van der Waals surface area contributed by atoms with Gasteiger partial charge in [-0.1, -0.05) is 61.7 Å². The minimum Gasteiger partial charge on any atom is -0.497 e. The first-order chi connectivity index (χ1) is 14.9. The van der Waals surface area contributed by atoms with Gasteiger partial charge in [0.2, 0.25) is 11.8 Å². The summed E-state index contributed by atoms with van der Waals surface area (Å²) in [6.45, 7) is 4.88. The molecule has 0 fully saturated rings. The molecule has 1 atom stereocenters. The molecular formula is C24H30Cl2N2O3. The third kappa shape index (κ3) is 7.44. The average molecular weight is 465 g/mol. The summed E-state index contributed by atoms with van der Waals surface area (Å²) >= 11 is 12.1. The highest BCUT2D eigenvalue weighted by Gasteiger charge is 2.28. The van der Waals surface area contributed by atoms with Crippen molar-refractivity contribution in [3.8, 4) is 5.75 Å². The molecule has 7 heteroatoms. The van der Waals surface area contributed by atoms with Gasteiger partial charge >= 0.3 is 0 Å². The lowest BCUT2D eigenvalue weighted by Crippen LogP contribution is -2.49. The van der Waals surface area contributed by atoms with Crippen LogP contribution in [0, 0.1) is 0 Å². The number of carbonyl (C=O) groups is 2. The van der Waals surface area contributed by atoms with E-state index in [9.17, 15) is 9.59 Å². The highest BCUT2D eigenvalue weighted by atomic mass is 35.5. The first-order valence-corrected chi connectivity index (χ1v) is 11.3. The van der Waals surface area contributed by atoms with E-state index in [0.29, 0.717) is 35.3 Å². The predicted molar refractivity (Wildman–Crippen MR) is 126 cm³/mol. The summed E-state index contributed by atoms with van der Waals surface area (Å²) in [4.78, 5) is 27.9. The van der Waals surface area contributed by atoms with Gasteiger partial charge in [0.05, 0.1) is 23.6 Å². The maximum absolute atomic E-state index is 13.3. The fourth-order valence-corrected chi connectivity index (χ4v) is 3.64. The summed E-state index contributed by atoms with van der Waals surface area (Å²) in [7, 11) is 1.60. The largest absolute Gasteiger partial charge is 0.497 e. The van der Waals surface area contributed by atoms with Crippen LogP contribution in [0.1, 0.15) is 44.2 Å². The Hall–Kier alpha value is -2.24. The van der Waals surface area contributed by atoms with Crippen LogP contribution in [0.3, 0.4) is 0 Å². The van der Waals surface area contributed by atoms with Gasteiger partial charge in [-0.3, -0.25) is 9.59 Å². The Morgan fingerprint density at radius 2 is 1.84 bits per heavy atom. The van der Waals surface area contributed by atoms with E-state index in [2.05, 4.69) is 12.2 Å². The van der Waals surface area contributed by atoms with Crippen molar-refractivity contribution in [3.05, 3.63) is 63.6 Å². The van der Waals surface area contributed by atoms with E-state index in [1.165, 1.54) is 0 Å². The number of methoxy groups -OCH3 is 1. The third-order valence-corrected chi connectivity index (χ3v) is 5.78. The van der Waals surface area contributed by atoms with Gasteiger partial charge in [0, 0.05) is 13.1 Å². The van der Waals surface area contributed by atoms with Gasteiger partial charge < -0.3 is 15.0 Å². The molecule has 0 aliphatic heterocycles. The molecule has 2 aromatic rings. The summed E-state index contributed by atoms with van der Waals surface area (Å²) < 4.78 is 5.31. The van der Waals surface area contributed by atoms with Crippen LogP contribution in [0.5, 0.6) is 5.75 Å². The highest BCUT2D eigenvalue weighted by molar-refractivity contribution is 6.42. The monoisotopic (exact) mass is 464 g/mol. The van der Waals surface area contributed by atoms with E-state index in [-0.39, 0.29) is 18.2 Å². The Morgan fingerprint density at radius 3 is 2.48 bits per heavy atom. The Balaban J connectivity index is 2.28. The number of hydrogen-bond donors (Lipinski definition) is 1. The summed E-state index contributed by atoms with van der Waals surface area (Å²) in [6, 6.07) is 12.1. The second-order valence-electron chi connectivity index (χ2n) is 7.37. The van der Waals surface area contributed by atoms with Gasteiger partial charge in [-0.2, -0.15) is 0 Å². The molecule has 0 spiro atoms. The number of ether oxygens (including phenoxy) is 1. The average Bonchev–Trinajstić information content (AvgIpc) is 2.76. The quantitative estimate of drug-likeness (QED) is 0.460. The number of halogens is 2. The lowest BCUT2D eigenvalue weighted by Gasteiger charge is -2.31. The first-order valence-electron chi connectivity index (χ1n) is 10.5. The highest BCUT2D eigenvalue weighted by Crippen LogP contribution is 2.24. The second-order valence-corrected chi connectivity index (χ2v) is 8.18. The maximum Gasteiger partial charge on any atom is 0.242 e. The number of nitrogens with one attached hydrogen (secondary N) is 1. The van der Waals surface area contributed by atoms with Crippen molar-refractivity contribution < 1.29 is 14.3 Å². The van der Waals surface area contributed by atoms with Crippen molar-refractivity contribution in [2.75, 3.05) is 13.7 Å². The lowest BCUT2D eigenvalue weighted by atomic mass is 10.1. The van der Waals surface area contributed by atoms with Crippen LogP contribution in [0.2, 0.25) is 10.0 Å². The van der Waals surface area contributed by atoms with Crippen molar-refractivity contribution in [1.82, 2.24) is 10.2 Å². The molecule has 0 aromatic heterocycles. The number of carbonyl (C=O) groups excluding carboxylic acids is 2. The minimum absolute atomic E-state index is 0.125. The zero-order valence-electron chi connectivity index (χ0n) is 18.3. The molecule has 31 heavy (non-hydrogen) atoms. The van der Waals surface area contributed by atoms with Crippen molar-refractivity contribution in [3.63, 3.8) is 0 Å². The van der Waals surface area contributed by atoms with Crippen LogP contribution in [0.15, 0.2) is 42.5 Å². The Labute approximate surface area is 194 Å². The van der Waals surface area contributed by atoms with Crippen LogP contribution in [-0.4, -0.2) is 36.4 Å². The van der Waals surface area contributed by atoms with Crippen molar-refractivity contribution in [2.24, 2.45) is 0 Å². The van der Waals surface area contributed by atoms with E-state index < -0.39 is 6.04 Å². The van der Waals surface area contributed by atoms with Crippen LogP contribution in [0.25, 0.3) is 0 Å². The van der Waals surface area contributed by atoms with Gasteiger partial charge in [-0.15, -0.1) is 0 Å². The van der Waals surface area contributed by atoms with Crippen LogP contribution in [0.4, 0.5) is 0 Å². The fourth-order valence-electron chi connectivity index (χ4n) is 3.32. The molecule has 0 aliphatic carbocycles. The smallest absolute Gasteiger partial charge is 0.242 e. The Kier molecular flexibility index (Phi) is 10.2. The number of unbranched alkanes of at least 4 members (excludes halogenated alkanes) is 1.